The van der Waals surface area contributed by atoms with Crippen molar-refractivity contribution >= 4 is 22.6 Å². The number of fused-ring (bicyclic) bond motifs is 1. The van der Waals surface area contributed by atoms with Crippen LogP contribution in [0.1, 0.15) is 5.56 Å². The van der Waals surface area contributed by atoms with Gasteiger partial charge in [-0.3, -0.25) is 9.44 Å². The van der Waals surface area contributed by atoms with Crippen molar-refractivity contribution in [3.63, 3.8) is 0 Å². The number of aromatic amines is 1. The number of aliphatic hydroxyl groups excluding tert-OH is 3. The van der Waals surface area contributed by atoms with Crippen molar-refractivity contribution in [2.24, 2.45) is 0 Å². The van der Waals surface area contributed by atoms with Gasteiger partial charge in [-0.25, -0.2) is 0 Å². The third kappa shape index (κ3) is 6.06. The number of quaternary nitrogens is 1. The molecule has 3 aromatic rings. The summed E-state index contributed by atoms with van der Waals surface area (Å²) >= 11 is 0. The van der Waals surface area contributed by atoms with Crippen LogP contribution in [0.25, 0.3) is 22.0 Å². The van der Waals surface area contributed by atoms with Crippen molar-refractivity contribution in [1.82, 2.24) is 4.98 Å². The lowest BCUT2D eigenvalue weighted by Crippen LogP contribution is -2.57. The van der Waals surface area contributed by atoms with E-state index in [1.54, 1.807) is 17.0 Å². The van der Waals surface area contributed by atoms with Crippen molar-refractivity contribution in [3.8, 4) is 11.3 Å². The van der Waals surface area contributed by atoms with Crippen LogP contribution < -0.4 is 10.5 Å². The molecule has 14 heteroatoms. The molecule has 1 aliphatic rings. The predicted octanol–water partition coefficient (Wildman–Crippen LogP) is 2.08. The fourth-order valence-electron chi connectivity index (χ4n) is 4.50. The Morgan fingerprint density at radius 3 is 2.56 bits per heavy atom. The molecule has 1 aromatic heterocycles. The highest BCUT2D eigenvalue weighted by Crippen LogP contribution is 2.36. The number of ether oxygens (including phenoxy) is 1. The molecule has 4 atom stereocenters. The summed E-state index contributed by atoms with van der Waals surface area (Å²) in [6.07, 6.45) is -10.8. The van der Waals surface area contributed by atoms with E-state index in [4.69, 9.17) is 9.84 Å². The van der Waals surface area contributed by atoms with Crippen molar-refractivity contribution in [1.29, 1.82) is 0 Å². The van der Waals surface area contributed by atoms with Crippen LogP contribution in [-0.4, -0.2) is 87.4 Å². The minimum absolute atomic E-state index is 0.00414. The van der Waals surface area contributed by atoms with Gasteiger partial charge in [0, 0.05) is 22.3 Å². The van der Waals surface area contributed by atoms with E-state index in [2.05, 4.69) is 4.98 Å². The van der Waals surface area contributed by atoms with Gasteiger partial charge < -0.3 is 40.3 Å². The summed E-state index contributed by atoms with van der Waals surface area (Å²) in [4.78, 5) is 28.6. The van der Waals surface area contributed by atoms with Crippen molar-refractivity contribution < 1.29 is 47.8 Å². The van der Waals surface area contributed by atoms with Gasteiger partial charge in [0.2, 0.25) is 0 Å². The number of hydrogen-bond donors (Lipinski definition) is 5. The van der Waals surface area contributed by atoms with Crippen LogP contribution in [0.5, 0.6) is 0 Å². The zero-order valence-electron chi connectivity index (χ0n) is 20.3. The molecule has 0 spiro atoms. The van der Waals surface area contributed by atoms with E-state index in [1.807, 2.05) is 0 Å². The molecule has 0 bridgehead atoms. The first-order valence-corrected chi connectivity index (χ1v) is 11.8. The highest BCUT2D eigenvalue weighted by atomic mass is 19.4. The molecule has 1 amide bonds. The molecule has 11 nitrogen and oxygen atoms in total. The molecule has 4 rings (SSSR count). The number of pyridine rings is 1. The van der Waals surface area contributed by atoms with Gasteiger partial charge in [-0.05, 0) is 29.7 Å². The molecule has 5 N–H and O–H groups in total. The number of nitrogens with one attached hydrogen (secondary N) is 1. The molecule has 0 aliphatic carbocycles. The lowest BCUT2D eigenvalue weighted by Gasteiger charge is -2.39. The van der Waals surface area contributed by atoms with Crippen LogP contribution in [0.4, 0.5) is 23.7 Å². The predicted molar refractivity (Wildman–Crippen MR) is 133 cm³/mol. The summed E-state index contributed by atoms with van der Waals surface area (Å²) in [7, 11) is 0. The Morgan fingerprint density at radius 1 is 1.18 bits per heavy atom. The van der Waals surface area contributed by atoms with Gasteiger partial charge in [0.15, 0.2) is 0 Å². The lowest BCUT2D eigenvalue weighted by molar-refractivity contribution is -0.815. The van der Waals surface area contributed by atoms with E-state index in [0.717, 1.165) is 6.07 Å². The third-order valence-electron chi connectivity index (χ3n) is 6.57. The van der Waals surface area contributed by atoms with Gasteiger partial charge in [0.1, 0.15) is 38.1 Å². The molecule has 0 saturated carbocycles. The molecular weight excluding hydrogens is 527 g/mol. The molecule has 0 radical (unpaired) electrons. The Hall–Kier alpha value is -3.53. The number of aliphatic hydroxyl groups is 3. The zero-order valence-corrected chi connectivity index (χ0v) is 20.3. The number of nitrogens with zero attached hydrogens (tertiary/aromatic N) is 2. The second kappa shape index (κ2) is 10.9. The molecule has 1 saturated heterocycles. The molecule has 1 fully saturated rings. The second-order valence-electron chi connectivity index (χ2n) is 9.32. The molecule has 2 heterocycles. The molecule has 2 unspecified atom stereocenters. The first-order chi connectivity index (χ1) is 18.3. The highest BCUT2D eigenvalue weighted by Gasteiger charge is 2.38. The van der Waals surface area contributed by atoms with Gasteiger partial charge in [-0.1, -0.05) is 24.3 Å². The molecule has 210 valence electrons. The Bertz CT molecular complexity index is 1420. The SMILES string of the molecule is O=C(O)[N+]([O-])(CC1CN(c2ccc3cc(-c4ccccc4C(F)(F)F)[nH]c(=O)c3c2)CO1)C[C@@H](O)[C@@H](O)CO. The fourth-order valence-corrected chi connectivity index (χ4v) is 4.50. The van der Waals surface area contributed by atoms with Crippen molar-refractivity contribution in [2.45, 2.75) is 24.5 Å². The smallest absolute Gasteiger partial charge is 0.513 e. The second-order valence-corrected chi connectivity index (χ2v) is 9.32. The van der Waals surface area contributed by atoms with Crippen molar-refractivity contribution in [3.05, 3.63) is 69.7 Å². The highest BCUT2D eigenvalue weighted by molar-refractivity contribution is 5.88. The number of aromatic nitrogens is 1. The number of alkyl halides is 3. The Balaban J connectivity index is 1.55. The maximum atomic E-state index is 13.5. The molecule has 1 aliphatic heterocycles. The zero-order chi connectivity index (χ0) is 28.5. The van der Waals surface area contributed by atoms with Gasteiger partial charge in [-0.15, -0.1) is 0 Å². The summed E-state index contributed by atoms with van der Waals surface area (Å²) in [5, 5.41) is 51.2. The molecule has 2 aromatic carbocycles. The number of amides is 1. The van der Waals surface area contributed by atoms with E-state index in [-0.39, 0.29) is 29.9 Å². The number of anilines is 1. The Morgan fingerprint density at radius 2 is 1.90 bits per heavy atom. The maximum absolute atomic E-state index is 13.5. The van der Waals surface area contributed by atoms with Crippen LogP contribution in [-0.2, 0) is 10.9 Å². The largest absolute Gasteiger partial charge is 0.622 e. The number of carbonyl (C=O) groups is 1. The number of hydroxylamine groups is 3. The number of halogens is 3. The van der Waals surface area contributed by atoms with E-state index >= 15 is 0 Å². The van der Waals surface area contributed by atoms with Gasteiger partial charge in [0.05, 0.1) is 18.7 Å². The number of carboxylic acid groups (broad SMARTS) is 1. The van der Waals surface area contributed by atoms with Crippen LogP contribution in [0, 0.1) is 5.21 Å². The van der Waals surface area contributed by atoms with Crippen LogP contribution in [0.2, 0.25) is 0 Å². The summed E-state index contributed by atoms with van der Waals surface area (Å²) < 4.78 is 44.1. The minimum Gasteiger partial charge on any atom is -0.622 e. The fraction of sp³-hybridized carbons (Fsp3) is 0.360. The number of rotatable bonds is 8. The Labute approximate surface area is 219 Å². The third-order valence-corrected chi connectivity index (χ3v) is 6.57. The van der Waals surface area contributed by atoms with Crippen LogP contribution in [0.15, 0.2) is 53.3 Å². The van der Waals surface area contributed by atoms with E-state index in [1.165, 1.54) is 30.3 Å². The molecule has 39 heavy (non-hydrogen) atoms. The van der Waals surface area contributed by atoms with Gasteiger partial charge in [-0.2, -0.15) is 18.0 Å². The van der Waals surface area contributed by atoms with Gasteiger partial charge >= 0.3 is 12.3 Å². The number of hydrogen-bond acceptors (Lipinski definition) is 8. The van der Waals surface area contributed by atoms with Gasteiger partial charge in [0.25, 0.3) is 5.56 Å². The monoisotopic (exact) mass is 553 g/mol. The lowest BCUT2D eigenvalue weighted by atomic mass is 10.0. The van der Waals surface area contributed by atoms with E-state index < -0.39 is 66.0 Å². The van der Waals surface area contributed by atoms with E-state index in [0.29, 0.717) is 11.1 Å². The first-order valence-electron chi connectivity index (χ1n) is 11.8. The number of benzene rings is 2. The quantitative estimate of drug-likeness (QED) is 0.207. The normalized spacial score (nSPS) is 19.2. The van der Waals surface area contributed by atoms with Crippen molar-refractivity contribution in [2.75, 3.05) is 37.9 Å². The maximum Gasteiger partial charge on any atom is 0.513 e. The topological polar surface area (TPSA) is 166 Å². The standard InChI is InChI=1S/C25H26F3N3O8/c26-25(27,28)19-4-2-1-3-17(19)20-7-14-5-6-15(8-18(14)23(35)29-20)30-9-16(39-13-30)10-31(38,24(36)37)11-21(33)22(34)12-32/h1-8,16,21-22,32-34H,9-13H2,(H,29,35)(H,36,37)/t16?,21-,22+,31?/m1/s1. The number of H-pyrrole nitrogens is 1. The summed E-state index contributed by atoms with van der Waals surface area (Å²) in [6.45, 7) is -2.35. The summed E-state index contributed by atoms with van der Waals surface area (Å²) in [5.74, 6) is 0. The summed E-state index contributed by atoms with van der Waals surface area (Å²) in [6, 6.07) is 11.0. The van der Waals surface area contributed by atoms with Crippen LogP contribution in [0.3, 0.4) is 0 Å². The molecular formula is C25H26F3N3O8. The van der Waals surface area contributed by atoms with E-state index in [9.17, 15) is 43.3 Å². The average molecular weight is 553 g/mol. The average Bonchev–Trinajstić information content (AvgIpc) is 3.35. The minimum atomic E-state index is -4.61. The Kier molecular flexibility index (Phi) is 7.97. The first kappa shape index (κ1) is 28.5. The summed E-state index contributed by atoms with van der Waals surface area (Å²) in [5.41, 5.74) is -1.17. The van der Waals surface area contributed by atoms with Crippen LogP contribution >= 0.6 is 0 Å².